The molecule has 0 aliphatic carbocycles. The lowest BCUT2D eigenvalue weighted by atomic mass is 10.1. The fraction of sp³-hybridized carbons (Fsp3) is 0.405. The van der Waals surface area contributed by atoms with Crippen LogP contribution in [0.3, 0.4) is 0 Å². The van der Waals surface area contributed by atoms with Crippen LogP contribution in [-0.4, -0.2) is 82.9 Å². The lowest BCUT2D eigenvalue weighted by Crippen LogP contribution is -2.46. The quantitative estimate of drug-likeness (QED) is 0.175. The van der Waals surface area contributed by atoms with Crippen molar-refractivity contribution in [3.8, 4) is 5.75 Å². The number of hydrogen-bond acceptors (Lipinski definition) is 11. The highest BCUT2D eigenvalue weighted by Crippen LogP contribution is 2.39. The lowest BCUT2D eigenvalue weighted by Gasteiger charge is -2.37. The van der Waals surface area contributed by atoms with E-state index < -0.39 is 5.79 Å². The molecule has 7 rings (SSSR count). The molecule has 0 amide bonds. The maximum Gasteiger partial charge on any atom is 0.219 e. The van der Waals surface area contributed by atoms with Gasteiger partial charge in [0.05, 0.1) is 36.9 Å². The van der Waals surface area contributed by atoms with Gasteiger partial charge in [0.1, 0.15) is 43.0 Å². The number of pyridine rings is 1. The molecule has 2 aromatic carbocycles. The summed E-state index contributed by atoms with van der Waals surface area (Å²) >= 11 is 6.65. The number of piperazine rings is 1. The monoisotopic (exact) mass is 731 g/mol. The molecule has 0 N–H and O–H groups in total. The first-order valence-corrected chi connectivity index (χ1v) is 18.5. The molecule has 3 aliphatic rings. The summed E-state index contributed by atoms with van der Waals surface area (Å²) in [5.74, 6) is 1.29. The number of aromatic nitrogens is 4. The summed E-state index contributed by atoms with van der Waals surface area (Å²) in [4.78, 5) is 13.0. The number of hydrazone groups is 1. The summed E-state index contributed by atoms with van der Waals surface area (Å²) in [5.41, 5.74) is 3.01. The second-order valence-electron chi connectivity index (χ2n) is 12.4. The number of halogens is 1. The van der Waals surface area contributed by atoms with Crippen LogP contribution in [0.25, 0.3) is 0 Å². The Labute approximate surface area is 307 Å². The molecule has 2 aromatic heterocycles. The van der Waals surface area contributed by atoms with Gasteiger partial charge in [-0.1, -0.05) is 51.1 Å². The summed E-state index contributed by atoms with van der Waals surface area (Å²) < 4.78 is 19.0. The van der Waals surface area contributed by atoms with E-state index in [0.717, 1.165) is 72.2 Å². The predicted octanol–water partition coefficient (Wildman–Crippen LogP) is 5.86. The van der Waals surface area contributed by atoms with E-state index in [1.54, 1.807) is 23.5 Å². The van der Waals surface area contributed by atoms with Crippen molar-refractivity contribution >= 4 is 49.7 Å². The number of rotatable bonds is 11. The summed E-state index contributed by atoms with van der Waals surface area (Å²) in [7, 11) is 2.65. The van der Waals surface area contributed by atoms with Crippen LogP contribution in [0.15, 0.2) is 90.7 Å². The SMILES string of the molecule is C=C1N(c2ccc(N3CCN(c4ccc(OCC5COC(Cn6nccn6)(c6ccc(P)cc6Cl)O5)cc4)CC3)cn2)C=NN1C(C)CC.CC. The zero-order chi connectivity index (χ0) is 36.0. The van der Waals surface area contributed by atoms with Crippen molar-refractivity contribution in [1.82, 2.24) is 25.0 Å². The fourth-order valence-electron chi connectivity index (χ4n) is 6.26. The highest BCUT2D eigenvalue weighted by molar-refractivity contribution is 7.27. The molecule has 4 aromatic rings. The smallest absolute Gasteiger partial charge is 0.219 e. The van der Waals surface area contributed by atoms with Crippen molar-refractivity contribution in [3.63, 3.8) is 0 Å². The molecule has 4 unspecified atom stereocenters. The van der Waals surface area contributed by atoms with E-state index in [0.29, 0.717) is 18.2 Å². The van der Waals surface area contributed by atoms with Crippen molar-refractivity contribution in [2.24, 2.45) is 5.10 Å². The Morgan fingerprint density at radius 1 is 1.00 bits per heavy atom. The fourth-order valence-corrected chi connectivity index (χ4v) is 6.97. The van der Waals surface area contributed by atoms with Gasteiger partial charge in [-0.25, -0.2) is 9.99 Å². The molecule has 14 heteroatoms. The van der Waals surface area contributed by atoms with Gasteiger partial charge in [-0.2, -0.15) is 20.1 Å². The Morgan fingerprint density at radius 2 is 1.69 bits per heavy atom. The van der Waals surface area contributed by atoms with Gasteiger partial charge in [0, 0.05) is 42.5 Å². The molecule has 5 heterocycles. The maximum absolute atomic E-state index is 6.65. The van der Waals surface area contributed by atoms with Crippen LogP contribution in [0.4, 0.5) is 17.2 Å². The van der Waals surface area contributed by atoms with Crippen LogP contribution in [0, 0.1) is 0 Å². The van der Waals surface area contributed by atoms with Gasteiger partial charge >= 0.3 is 0 Å². The zero-order valence-corrected chi connectivity index (χ0v) is 31.6. The molecule has 2 fully saturated rings. The predicted molar refractivity (Wildman–Crippen MR) is 207 cm³/mol. The highest BCUT2D eigenvalue weighted by atomic mass is 35.5. The molecule has 12 nitrogen and oxygen atoms in total. The van der Waals surface area contributed by atoms with Crippen molar-refractivity contribution < 1.29 is 14.2 Å². The Bertz CT molecular complexity index is 1770. The molecular weight excluding hydrogens is 685 g/mol. The summed E-state index contributed by atoms with van der Waals surface area (Å²) in [6.07, 6.45) is 7.67. The van der Waals surface area contributed by atoms with Gasteiger partial charge in [-0.15, -0.1) is 9.24 Å². The van der Waals surface area contributed by atoms with Crippen LogP contribution in [0.2, 0.25) is 5.02 Å². The van der Waals surface area contributed by atoms with E-state index in [1.165, 1.54) is 0 Å². The first kappa shape index (κ1) is 36.6. The van der Waals surface area contributed by atoms with E-state index in [9.17, 15) is 0 Å². The van der Waals surface area contributed by atoms with Crippen LogP contribution >= 0.6 is 20.8 Å². The lowest BCUT2D eigenvalue weighted by molar-refractivity contribution is -0.192. The second-order valence-corrected chi connectivity index (χ2v) is 13.4. The minimum absolute atomic E-state index is 0.262. The summed E-state index contributed by atoms with van der Waals surface area (Å²) in [5, 5.41) is 16.5. The molecule has 0 bridgehead atoms. The average molecular weight is 732 g/mol. The van der Waals surface area contributed by atoms with Gasteiger partial charge in [0.25, 0.3) is 0 Å². The molecule has 0 saturated carbocycles. The molecule has 2 saturated heterocycles. The van der Waals surface area contributed by atoms with E-state index in [2.05, 4.69) is 73.0 Å². The van der Waals surface area contributed by atoms with Gasteiger partial charge in [-0.05, 0) is 61.1 Å². The Hall–Kier alpha value is -4.22. The number of nitrogens with zero attached hydrogens (tertiary/aromatic N) is 9. The third-order valence-corrected chi connectivity index (χ3v) is 9.85. The zero-order valence-electron chi connectivity index (χ0n) is 29.7. The van der Waals surface area contributed by atoms with Gasteiger partial charge in [0.2, 0.25) is 5.79 Å². The summed E-state index contributed by atoms with van der Waals surface area (Å²) in [6.45, 7) is 17.1. The number of benzene rings is 2. The Balaban J connectivity index is 0.00000220. The van der Waals surface area contributed by atoms with Crippen LogP contribution in [0.5, 0.6) is 5.75 Å². The van der Waals surface area contributed by atoms with E-state index >= 15 is 0 Å². The number of hydrogen-bond donors (Lipinski definition) is 0. The van der Waals surface area contributed by atoms with Crippen molar-refractivity contribution in [1.29, 1.82) is 0 Å². The first-order chi connectivity index (χ1) is 24.8. The number of anilines is 3. The first-order valence-electron chi connectivity index (χ1n) is 17.5. The third kappa shape index (κ3) is 8.15. The Kier molecular flexibility index (Phi) is 11.8. The average Bonchev–Trinajstić information content (AvgIpc) is 3.93. The van der Waals surface area contributed by atoms with Gasteiger partial charge in [-0.3, -0.25) is 4.90 Å². The number of ether oxygens (including phenoxy) is 3. The Morgan fingerprint density at radius 3 is 2.33 bits per heavy atom. The second kappa shape index (κ2) is 16.4. The molecular formula is C37H47ClN9O3P. The van der Waals surface area contributed by atoms with Gasteiger partial charge in [0.15, 0.2) is 0 Å². The summed E-state index contributed by atoms with van der Waals surface area (Å²) in [6, 6.07) is 18.4. The van der Waals surface area contributed by atoms with Crippen LogP contribution in [0.1, 0.15) is 39.7 Å². The molecule has 3 aliphatic heterocycles. The van der Waals surface area contributed by atoms with E-state index in [4.69, 9.17) is 30.8 Å². The minimum Gasteiger partial charge on any atom is -0.491 e. The minimum atomic E-state index is -1.13. The van der Waals surface area contributed by atoms with E-state index in [1.807, 2.05) is 66.4 Å². The van der Waals surface area contributed by atoms with E-state index in [-0.39, 0.29) is 18.7 Å². The normalized spacial score (nSPS) is 20.8. The van der Waals surface area contributed by atoms with Crippen LogP contribution in [-0.2, 0) is 21.8 Å². The molecule has 51 heavy (non-hydrogen) atoms. The molecule has 0 radical (unpaired) electrons. The topological polar surface area (TPSA) is 96.6 Å². The van der Waals surface area contributed by atoms with Crippen molar-refractivity contribution in [2.45, 2.75) is 58.6 Å². The largest absolute Gasteiger partial charge is 0.491 e. The third-order valence-electron chi connectivity index (χ3n) is 9.18. The van der Waals surface area contributed by atoms with Gasteiger partial charge < -0.3 is 24.0 Å². The van der Waals surface area contributed by atoms with Crippen LogP contribution < -0.4 is 24.7 Å². The molecule has 270 valence electrons. The van der Waals surface area contributed by atoms with Crippen molar-refractivity contribution in [2.75, 3.05) is 54.1 Å². The maximum atomic E-state index is 6.65. The molecule has 4 atom stereocenters. The highest BCUT2D eigenvalue weighted by Gasteiger charge is 2.46. The standard InChI is InChI=1S/C35H41ClN9O3P.C2H6/c1-4-25(2)45-26(3)43(24-40-45)34-12-7-28(20-37-34)42-17-15-41(16-18-42)27-5-8-29(9-6-27)46-21-30-22-47-35(48-30,23-44-38-13-14-39-44)32-11-10-31(49)19-33(32)36;1-2/h5-14,19-20,24-25,30H,3-4,15-18,21-23,49H2,1-2H3;1-2H3. The molecule has 0 spiro atoms. The van der Waals surface area contributed by atoms with Crippen molar-refractivity contribution in [3.05, 3.63) is 96.2 Å².